The summed E-state index contributed by atoms with van der Waals surface area (Å²) in [5.74, 6) is 0.683. The normalized spacial score (nSPS) is 10.7. The van der Waals surface area contributed by atoms with Gasteiger partial charge in [-0.3, -0.25) is 4.79 Å². The molecule has 1 aromatic rings. The lowest BCUT2D eigenvalue weighted by atomic mass is 10.1. The third kappa shape index (κ3) is 5.47. The average Bonchev–Trinajstić information content (AvgIpc) is 2.46. The molecule has 0 aliphatic rings. The molecule has 21 heavy (non-hydrogen) atoms. The van der Waals surface area contributed by atoms with Gasteiger partial charge >= 0.3 is 5.97 Å². The first-order valence-corrected chi connectivity index (χ1v) is 7.93. The van der Waals surface area contributed by atoms with Crippen LogP contribution in [0.1, 0.15) is 18.4 Å². The van der Waals surface area contributed by atoms with Crippen molar-refractivity contribution in [2.75, 3.05) is 34.1 Å². The molecular formula is C15H23NO4S. The summed E-state index contributed by atoms with van der Waals surface area (Å²) in [7, 11) is 5.24. The maximum absolute atomic E-state index is 10.5. The quantitative estimate of drug-likeness (QED) is 0.707. The summed E-state index contributed by atoms with van der Waals surface area (Å²) < 4.78 is 10.7. The highest BCUT2D eigenvalue weighted by molar-refractivity contribution is 7.98. The number of carboxylic acids is 1. The Morgan fingerprint density at radius 2 is 1.90 bits per heavy atom. The Hall–Kier alpha value is -1.40. The molecular weight excluding hydrogens is 290 g/mol. The molecule has 0 fully saturated rings. The summed E-state index contributed by atoms with van der Waals surface area (Å²) >= 11 is 1.66. The number of benzene rings is 1. The van der Waals surface area contributed by atoms with Crippen molar-refractivity contribution in [3.63, 3.8) is 0 Å². The van der Waals surface area contributed by atoms with Gasteiger partial charge in [-0.15, -0.1) is 11.8 Å². The zero-order chi connectivity index (χ0) is 15.8. The van der Waals surface area contributed by atoms with Crippen molar-refractivity contribution in [2.24, 2.45) is 0 Å². The molecule has 6 heteroatoms. The van der Waals surface area contributed by atoms with E-state index < -0.39 is 5.97 Å². The first-order chi connectivity index (χ1) is 10.0. The van der Waals surface area contributed by atoms with Crippen LogP contribution in [0.5, 0.6) is 11.5 Å². The predicted molar refractivity (Wildman–Crippen MR) is 84.5 cm³/mol. The smallest absolute Gasteiger partial charge is 0.303 e. The van der Waals surface area contributed by atoms with Crippen LogP contribution in [0.2, 0.25) is 0 Å². The molecule has 0 saturated carbocycles. The molecule has 0 bridgehead atoms. The maximum Gasteiger partial charge on any atom is 0.303 e. The van der Waals surface area contributed by atoms with Crippen LogP contribution in [0, 0.1) is 0 Å². The summed E-state index contributed by atoms with van der Waals surface area (Å²) in [6.07, 6.45) is 2.87. The zero-order valence-corrected chi connectivity index (χ0v) is 13.8. The molecule has 0 amide bonds. The first kappa shape index (κ1) is 17.7. The van der Waals surface area contributed by atoms with E-state index in [4.69, 9.17) is 14.6 Å². The molecule has 1 aromatic carbocycles. The second kappa shape index (κ2) is 8.79. The lowest BCUT2D eigenvalue weighted by molar-refractivity contribution is -0.137. The average molecular weight is 313 g/mol. The molecule has 0 aliphatic carbocycles. The highest BCUT2D eigenvalue weighted by atomic mass is 32.2. The van der Waals surface area contributed by atoms with E-state index in [-0.39, 0.29) is 6.42 Å². The van der Waals surface area contributed by atoms with Crippen molar-refractivity contribution in [2.45, 2.75) is 24.3 Å². The second-order valence-electron chi connectivity index (χ2n) is 4.75. The Morgan fingerprint density at radius 3 is 2.43 bits per heavy atom. The molecule has 1 rings (SSSR count). The Kier molecular flexibility index (Phi) is 7.39. The molecule has 0 heterocycles. The third-order valence-electron chi connectivity index (χ3n) is 3.16. The topological polar surface area (TPSA) is 59.0 Å². The van der Waals surface area contributed by atoms with E-state index in [1.165, 1.54) is 0 Å². The van der Waals surface area contributed by atoms with Gasteiger partial charge in [0, 0.05) is 17.9 Å². The summed E-state index contributed by atoms with van der Waals surface area (Å²) in [5.41, 5.74) is 1.15. The highest BCUT2D eigenvalue weighted by Gasteiger charge is 2.12. The minimum atomic E-state index is -0.751. The van der Waals surface area contributed by atoms with Crippen LogP contribution >= 0.6 is 11.8 Å². The predicted octanol–water partition coefficient (Wildman–Crippen LogP) is 2.72. The van der Waals surface area contributed by atoms with Gasteiger partial charge in [0.1, 0.15) is 0 Å². The van der Waals surface area contributed by atoms with Crippen LogP contribution in [0.3, 0.4) is 0 Å². The monoisotopic (exact) mass is 313 g/mol. The summed E-state index contributed by atoms with van der Waals surface area (Å²) in [5, 5.41) is 8.67. The standard InChI is InChI=1S/C15H23NO4S/c1-16(7-5-6-15(17)18)10-11-8-12(19-2)13(20-3)9-14(11)21-4/h8-9H,5-7,10H2,1-4H3,(H,17,18). The van der Waals surface area contributed by atoms with Gasteiger partial charge in [-0.25, -0.2) is 0 Å². The summed E-state index contributed by atoms with van der Waals surface area (Å²) in [6.45, 7) is 1.49. The van der Waals surface area contributed by atoms with Crippen LogP contribution in [0.25, 0.3) is 0 Å². The molecule has 0 aromatic heterocycles. The van der Waals surface area contributed by atoms with Crippen molar-refractivity contribution in [3.05, 3.63) is 17.7 Å². The summed E-state index contributed by atoms with van der Waals surface area (Å²) in [4.78, 5) is 13.8. The number of ether oxygens (including phenoxy) is 2. The molecule has 0 aliphatic heterocycles. The molecule has 5 nitrogen and oxygen atoms in total. The molecule has 118 valence electrons. The van der Waals surface area contributed by atoms with E-state index >= 15 is 0 Å². The van der Waals surface area contributed by atoms with Crippen molar-refractivity contribution in [1.82, 2.24) is 4.90 Å². The number of methoxy groups -OCH3 is 2. The van der Waals surface area contributed by atoms with Crippen LogP contribution < -0.4 is 9.47 Å². The number of aliphatic carboxylic acids is 1. The highest BCUT2D eigenvalue weighted by Crippen LogP contribution is 2.35. The fraction of sp³-hybridized carbons (Fsp3) is 0.533. The molecule has 0 spiro atoms. The number of rotatable bonds is 9. The van der Waals surface area contributed by atoms with Crippen LogP contribution in [0.15, 0.2) is 17.0 Å². The molecule has 0 unspecified atom stereocenters. The van der Waals surface area contributed by atoms with Crippen LogP contribution in [-0.4, -0.2) is 50.0 Å². The van der Waals surface area contributed by atoms with Gasteiger partial charge in [0.05, 0.1) is 14.2 Å². The minimum absolute atomic E-state index is 0.200. The zero-order valence-electron chi connectivity index (χ0n) is 13.0. The first-order valence-electron chi connectivity index (χ1n) is 6.71. The number of nitrogens with zero attached hydrogens (tertiary/aromatic N) is 1. The number of carbonyl (C=O) groups is 1. The van der Waals surface area contributed by atoms with E-state index in [1.807, 2.05) is 25.4 Å². The van der Waals surface area contributed by atoms with Crippen molar-refractivity contribution in [1.29, 1.82) is 0 Å². The number of hydrogen-bond donors (Lipinski definition) is 1. The van der Waals surface area contributed by atoms with Gasteiger partial charge in [-0.1, -0.05) is 0 Å². The Morgan fingerprint density at radius 1 is 1.29 bits per heavy atom. The Balaban J connectivity index is 2.78. The van der Waals surface area contributed by atoms with E-state index in [2.05, 4.69) is 4.90 Å². The number of hydrogen-bond acceptors (Lipinski definition) is 5. The number of thioether (sulfide) groups is 1. The Bertz CT molecular complexity index is 479. The fourth-order valence-corrected chi connectivity index (χ4v) is 2.70. The minimum Gasteiger partial charge on any atom is -0.493 e. The lowest BCUT2D eigenvalue weighted by Gasteiger charge is -2.19. The van der Waals surface area contributed by atoms with Gasteiger partial charge < -0.3 is 19.5 Å². The van der Waals surface area contributed by atoms with Gasteiger partial charge in [-0.05, 0) is 44.0 Å². The summed E-state index contributed by atoms with van der Waals surface area (Å²) in [6, 6.07) is 3.96. The van der Waals surface area contributed by atoms with E-state index in [0.29, 0.717) is 12.2 Å². The molecule has 0 saturated heterocycles. The third-order valence-corrected chi connectivity index (χ3v) is 3.98. The van der Waals surface area contributed by atoms with E-state index in [0.717, 1.165) is 29.3 Å². The number of carboxylic acid groups (broad SMARTS) is 1. The Labute approximate surface area is 130 Å². The van der Waals surface area contributed by atoms with Crippen LogP contribution in [-0.2, 0) is 11.3 Å². The van der Waals surface area contributed by atoms with Gasteiger partial charge in [-0.2, -0.15) is 0 Å². The second-order valence-corrected chi connectivity index (χ2v) is 5.60. The van der Waals surface area contributed by atoms with Crippen molar-refractivity contribution in [3.8, 4) is 11.5 Å². The van der Waals surface area contributed by atoms with E-state index in [9.17, 15) is 4.79 Å². The fourth-order valence-electron chi connectivity index (χ4n) is 2.09. The SMILES string of the molecule is COc1cc(CN(C)CCCC(=O)O)c(SC)cc1OC. The van der Waals surface area contributed by atoms with Crippen molar-refractivity contribution >= 4 is 17.7 Å². The molecule has 1 N–H and O–H groups in total. The van der Waals surface area contributed by atoms with Crippen molar-refractivity contribution < 1.29 is 19.4 Å². The van der Waals surface area contributed by atoms with Gasteiger partial charge in [0.25, 0.3) is 0 Å². The van der Waals surface area contributed by atoms with Gasteiger partial charge in [0.2, 0.25) is 0 Å². The molecule has 0 radical (unpaired) electrons. The molecule has 0 atom stereocenters. The van der Waals surface area contributed by atoms with E-state index in [1.54, 1.807) is 26.0 Å². The maximum atomic E-state index is 10.5. The largest absolute Gasteiger partial charge is 0.493 e. The lowest BCUT2D eigenvalue weighted by Crippen LogP contribution is -2.20. The van der Waals surface area contributed by atoms with Crippen LogP contribution in [0.4, 0.5) is 0 Å². The van der Waals surface area contributed by atoms with Gasteiger partial charge in [0.15, 0.2) is 11.5 Å².